The van der Waals surface area contributed by atoms with Gasteiger partial charge in [-0.15, -0.1) is 0 Å². The summed E-state index contributed by atoms with van der Waals surface area (Å²) in [5.41, 5.74) is 3.29. The van der Waals surface area contributed by atoms with Crippen LogP contribution in [0.2, 0.25) is 5.15 Å². The van der Waals surface area contributed by atoms with Crippen LogP contribution in [0, 0.1) is 0 Å². The van der Waals surface area contributed by atoms with Crippen molar-refractivity contribution in [2.45, 2.75) is 38.3 Å². The van der Waals surface area contributed by atoms with Crippen molar-refractivity contribution < 1.29 is 14.3 Å². The van der Waals surface area contributed by atoms with E-state index in [2.05, 4.69) is 16.4 Å². The molecule has 29 heavy (non-hydrogen) atoms. The Morgan fingerprint density at radius 2 is 1.93 bits per heavy atom. The van der Waals surface area contributed by atoms with Crippen LogP contribution in [-0.4, -0.2) is 23.0 Å². The number of rotatable bonds is 4. The quantitative estimate of drug-likeness (QED) is 0.505. The van der Waals surface area contributed by atoms with E-state index in [4.69, 9.17) is 16.3 Å². The lowest BCUT2D eigenvalue weighted by Gasteiger charge is -2.27. The van der Waals surface area contributed by atoms with Crippen LogP contribution in [-0.2, 0) is 16.0 Å². The molecule has 0 bridgehead atoms. The smallest absolute Gasteiger partial charge is 0.339 e. The first-order chi connectivity index (χ1) is 14.0. The van der Waals surface area contributed by atoms with E-state index in [0.29, 0.717) is 16.5 Å². The molecule has 0 fully saturated rings. The number of aryl methyl sites for hydroxylation is 1. The molecule has 0 unspecified atom stereocenters. The van der Waals surface area contributed by atoms with Gasteiger partial charge in [0.25, 0.3) is 5.91 Å². The maximum absolute atomic E-state index is 12.7. The molecule has 6 heteroatoms. The summed E-state index contributed by atoms with van der Waals surface area (Å²) < 4.78 is 5.45. The number of fused-ring (bicyclic) bond motifs is 2. The number of nitrogens with one attached hydrogen (secondary N) is 1. The van der Waals surface area contributed by atoms with Crippen molar-refractivity contribution in [3.63, 3.8) is 0 Å². The number of para-hydroxylation sites is 1. The van der Waals surface area contributed by atoms with Gasteiger partial charge in [-0.2, -0.15) is 0 Å². The van der Waals surface area contributed by atoms with Crippen LogP contribution in [0.4, 0.5) is 0 Å². The Morgan fingerprint density at radius 3 is 2.79 bits per heavy atom. The third-order valence-corrected chi connectivity index (χ3v) is 5.44. The summed E-state index contributed by atoms with van der Waals surface area (Å²) in [7, 11) is 0. The Kier molecular flexibility index (Phi) is 5.49. The third kappa shape index (κ3) is 4.10. The first kappa shape index (κ1) is 19.4. The predicted octanol–water partition coefficient (Wildman–Crippen LogP) is 4.63. The minimum absolute atomic E-state index is 0.0650. The minimum atomic E-state index is -0.928. The molecule has 5 nitrogen and oxygen atoms in total. The molecule has 0 spiro atoms. The molecule has 1 aromatic heterocycles. The molecule has 1 N–H and O–H groups in total. The lowest BCUT2D eigenvalue weighted by molar-refractivity contribution is -0.130. The van der Waals surface area contributed by atoms with Gasteiger partial charge in [0.1, 0.15) is 5.15 Å². The number of amides is 1. The highest BCUT2D eigenvalue weighted by atomic mass is 35.5. The number of halogens is 1. The average Bonchev–Trinajstić information content (AvgIpc) is 2.73. The molecule has 1 amide bonds. The van der Waals surface area contributed by atoms with E-state index in [0.717, 1.165) is 24.8 Å². The van der Waals surface area contributed by atoms with Crippen LogP contribution in [0.15, 0.2) is 54.6 Å². The molecule has 0 radical (unpaired) electrons. The second kappa shape index (κ2) is 8.21. The van der Waals surface area contributed by atoms with Crippen molar-refractivity contribution in [2.75, 3.05) is 0 Å². The van der Waals surface area contributed by atoms with Crippen molar-refractivity contribution in [3.8, 4) is 0 Å². The largest absolute Gasteiger partial charge is 0.449 e. The maximum atomic E-state index is 12.7. The molecule has 3 aromatic rings. The lowest BCUT2D eigenvalue weighted by Crippen LogP contribution is -2.39. The number of nitrogens with zero attached hydrogens (tertiary/aromatic N) is 1. The summed E-state index contributed by atoms with van der Waals surface area (Å²) in [5.74, 6) is -0.915. The molecule has 148 valence electrons. The monoisotopic (exact) mass is 408 g/mol. The van der Waals surface area contributed by atoms with E-state index in [1.807, 2.05) is 30.3 Å². The Bertz CT molecular complexity index is 1080. The van der Waals surface area contributed by atoms with Gasteiger partial charge < -0.3 is 10.1 Å². The van der Waals surface area contributed by atoms with Gasteiger partial charge in [0.05, 0.1) is 17.1 Å². The van der Waals surface area contributed by atoms with Crippen molar-refractivity contribution in [1.82, 2.24) is 10.3 Å². The standard InChI is InChI=1S/C23H21ClN2O3/c1-14(22(27)26-19-12-6-8-15-7-2-3-9-16(15)19)29-23(28)18-13-21(24)25-20-11-5-4-10-17(18)20/h2-5,7,9-11,13-14,19H,6,8,12H2,1H3,(H,26,27)/t14-,19-/m0/s1. The number of carbonyl (C=O) groups is 2. The summed E-state index contributed by atoms with van der Waals surface area (Å²) in [6.45, 7) is 1.58. The molecule has 4 rings (SSSR count). The molecule has 1 heterocycles. The highest BCUT2D eigenvalue weighted by Gasteiger charge is 2.26. The van der Waals surface area contributed by atoms with Gasteiger partial charge in [0, 0.05) is 5.39 Å². The van der Waals surface area contributed by atoms with E-state index < -0.39 is 12.1 Å². The fraction of sp³-hybridized carbons (Fsp3) is 0.261. The SMILES string of the molecule is C[C@H](OC(=O)c1cc(Cl)nc2ccccc12)C(=O)N[C@H]1CCCc2ccccc21. The van der Waals surface area contributed by atoms with Gasteiger partial charge in [0.2, 0.25) is 0 Å². The fourth-order valence-electron chi connectivity index (χ4n) is 3.78. The van der Waals surface area contributed by atoms with Crippen LogP contribution in [0.3, 0.4) is 0 Å². The lowest BCUT2D eigenvalue weighted by atomic mass is 9.87. The Morgan fingerprint density at radius 1 is 1.17 bits per heavy atom. The summed E-state index contributed by atoms with van der Waals surface area (Å²) >= 11 is 6.05. The van der Waals surface area contributed by atoms with E-state index in [1.54, 1.807) is 19.1 Å². The molecular weight excluding hydrogens is 388 g/mol. The fourth-order valence-corrected chi connectivity index (χ4v) is 3.98. The minimum Gasteiger partial charge on any atom is -0.449 e. The summed E-state index contributed by atoms with van der Waals surface area (Å²) in [6.07, 6.45) is 1.97. The van der Waals surface area contributed by atoms with Gasteiger partial charge in [-0.05, 0) is 49.4 Å². The van der Waals surface area contributed by atoms with Gasteiger partial charge in [-0.1, -0.05) is 54.1 Å². The van der Waals surface area contributed by atoms with Crippen LogP contribution in [0.1, 0.15) is 47.3 Å². The van der Waals surface area contributed by atoms with Gasteiger partial charge in [-0.25, -0.2) is 9.78 Å². The van der Waals surface area contributed by atoms with Crippen LogP contribution in [0.25, 0.3) is 10.9 Å². The molecule has 1 aliphatic rings. The number of esters is 1. The first-order valence-electron chi connectivity index (χ1n) is 9.67. The number of ether oxygens (including phenoxy) is 1. The van der Waals surface area contributed by atoms with Gasteiger partial charge >= 0.3 is 5.97 Å². The second-order valence-electron chi connectivity index (χ2n) is 7.21. The molecule has 2 aromatic carbocycles. The number of aromatic nitrogens is 1. The topological polar surface area (TPSA) is 68.3 Å². The van der Waals surface area contributed by atoms with E-state index in [9.17, 15) is 9.59 Å². The van der Waals surface area contributed by atoms with E-state index in [-0.39, 0.29) is 17.1 Å². The van der Waals surface area contributed by atoms with Gasteiger partial charge in [0.15, 0.2) is 6.10 Å². The summed E-state index contributed by atoms with van der Waals surface area (Å²) in [4.78, 5) is 29.6. The van der Waals surface area contributed by atoms with Crippen molar-refractivity contribution in [1.29, 1.82) is 0 Å². The van der Waals surface area contributed by atoms with Gasteiger partial charge in [-0.3, -0.25) is 4.79 Å². The molecule has 0 saturated heterocycles. The third-order valence-electron chi connectivity index (χ3n) is 5.24. The van der Waals surface area contributed by atoms with Crippen molar-refractivity contribution in [3.05, 3.63) is 76.4 Å². The number of hydrogen-bond donors (Lipinski definition) is 1. The highest BCUT2D eigenvalue weighted by molar-refractivity contribution is 6.30. The molecule has 1 aliphatic carbocycles. The molecular formula is C23H21ClN2O3. The first-order valence-corrected chi connectivity index (χ1v) is 10.0. The number of benzene rings is 2. The van der Waals surface area contributed by atoms with E-state index in [1.165, 1.54) is 11.6 Å². The number of pyridine rings is 1. The summed E-state index contributed by atoms with van der Waals surface area (Å²) in [5, 5.41) is 3.86. The molecule has 0 saturated carbocycles. The molecule has 2 atom stereocenters. The van der Waals surface area contributed by atoms with Crippen LogP contribution >= 0.6 is 11.6 Å². The van der Waals surface area contributed by atoms with Crippen LogP contribution in [0.5, 0.6) is 0 Å². The Balaban J connectivity index is 1.48. The normalized spacial score (nSPS) is 16.7. The second-order valence-corrected chi connectivity index (χ2v) is 7.60. The maximum Gasteiger partial charge on any atom is 0.339 e. The summed E-state index contributed by atoms with van der Waals surface area (Å²) in [6, 6.07) is 16.7. The zero-order valence-electron chi connectivity index (χ0n) is 16.0. The predicted molar refractivity (Wildman–Crippen MR) is 112 cm³/mol. The van der Waals surface area contributed by atoms with E-state index >= 15 is 0 Å². The number of hydrogen-bond acceptors (Lipinski definition) is 4. The zero-order valence-corrected chi connectivity index (χ0v) is 16.8. The zero-order chi connectivity index (χ0) is 20.4. The number of carbonyl (C=O) groups excluding carboxylic acids is 2. The Hall–Kier alpha value is -2.92. The van der Waals surface area contributed by atoms with Crippen molar-refractivity contribution >= 4 is 34.4 Å². The Labute approximate surface area is 174 Å². The molecule has 0 aliphatic heterocycles. The average molecular weight is 409 g/mol. The highest BCUT2D eigenvalue weighted by Crippen LogP contribution is 2.29. The van der Waals surface area contributed by atoms with Crippen molar-refractivity contribution in [2.24, 2.45) is 0 Å². The van der Waals surface area contributed by atoms with Crippen LogP contribution < -0.4 is 5.32 Å².